The molecule has 1 fully saturated rings. The number of aryl methyl sites for hydroxylation is 1. The molecule has 0 atom stereocenters. The summed E-state index contributed by atoms with van der Waals surface area (Å²) >= 11 is 0. The molecule has 1 N–H and O–H groups in total. The Morgan fingerprint density at radius 3 is 2.61 bits per heavy atom. The van der Waals surface area contributed by atoms with Gasteiger partial charge in [0.2, 0.25) is 0 Å². The summed E-state index contributed by atoms with van der Waals surface area (Å²) in [7, 11) is 3.43. The summed E-state index contributed by atoms with van der Waals surface area (Å²) < 4.78 is 12.6. The SMILES string of the molecule is CCNC(=NCc1c(C)nn(CCOC)c1C)N1CCN(c2cccc(OC)c2)CC1. The van der Waals surface area contributed by atoms with Crippen molar-refractivity contribution < 1.29 is 9.47 Å². The second kappa shape index (κ2) is 11.0. The fourth-order valence-corrected chi connectivity index (χ4v) is 3.92. The maximum absolute atomic E-state index is 5.37. The monoisotopic (exact) mass is 428 g/mol. The van der Waals surface area contributed by atoms with E-state index in [1.807, 2.05) is 16.8 Å². The Morgan fingerprint density at radius 2 is 1.94 bits per heavy atom. The first kappa shape index (κ1) is 22.9. The van der Waals surface area contributed by atoms with Gasteiger partial charge in [0, 0.05) is 62.8 Å². The number of nitrogens with zero attached hydrogens (tertiary/aromatic N) is 5. The van der Waals surface area contributed by atoms with Gasteiger partial charge in [-0.15, -0.1) is 0 Å². The number of benzene rings is 1. The van der Waals surface area contributed by atoms with Crippen molar-refractivity contribution in [2.45, 2.75) is 33.9 Å². The fraction of sp³-hybridized carbons (Fsp3) is 0.565. The average Bonchev–Trinajstić information content (AvgIpc) is 3.07. The lowest BCUT2D eigenvalue weighted by Gasteiger charge is -2.37. The van der Waals surface area contributed by atoms with Gasteiger partial charge in [-0.25, -0.2) is 4.99 Å². The molecule has 1 saturated heterocycles. The zero-order valence-corrected chi connectivity index (χ0v) is 19.5. The molecule has 31 heavy (non-hydrogen) atoms. The highest BCUT2D eigenvalue weighted by molar-refractivity contribution is 5.80. The van der Waals surface area contributed by atoms with Gasteiger partial charge < -0.3 is 24.6 Å². The molecule has 0 bridgehead atoms. The Hall–Kier alpha value is -2.74. The van der Waals surface area contributed by atoms with E-state index in [0.29, 0.717) is 13.2 Å². The van der Waals surface area contributed by atoms with E-state index in [-0.39, 0.29) is 0 Å². The minimum atomic E-state index is 0.628. The summed E-state index contributed by atoms with van der Waals surface area (Å²) in [5.74, 6) is 1.86. The van der Waals surface area contributed by atoms with Crippen LogP contribution in [0.2, 0.25) is 0 Å². The second-order valence-corrected chi connectivity index (χ2v) is 7.71. The molecule has 0 amide bonds. The van der Waals surface area contributed by atoms with E-state index in [1.165, 1.54) is 11.3 Å². The first-order valence-electron chi connectivity index (χ1n) is 11.0. The number of hydrogen-bond acceptors (Lipinski definition) is 5. The Labute approximate surface area is 185 Å². The predicted molar refractivity (Wildman–Crippen MR) is 125 cm³/mol. The minimum absolute atomic E-state index is 0.628. The molecular formula is C23H36N6O2. The van der Waals surface area contributed by atoms with Crippen molar-refractivity contribution in [3.63, 3.8) is 0 Å². The highest BCUT2D eigenvalue weighted by Crippen LogP contribution is 2.22. The number of piperazine rings is 1. The quantitative estimate of drug-likeness (QED) is 0.515. The van der Waals surface area contributed by atoms with E-state index in [0.717, 1.165) is 62.4 Å². The van der Waals surface area contributed by atoms with Gasteiger partial charge in [0.25, 0.3) is 0 Å². The molecule has 0 spiro atoms. The maximum Gasteiger partial charge on any atom is 0.194 e. The van der Waals surface area contributed by atoms with Gasteiger partial charge in [-0.1, -0.05) is 6.07 Å². The molecule has 0 unspecified atom stereocenters. The van der Waals surface area contributed by atoms with Gasteiger partial charge in [0.05, 0.1) is 32.5 Å². The van der Waals surface area contributed by atoms with E-state index in [4.69, 9.17) is 14.5 Å². The van der Waals surface area contributed by atoms with Crippen LogP contribution in [0.4, 0.5) is 5.69 Å². The normalized spacial score (nSPS) is 14.8. The Balaban J connectivity index is 1.66. The minimum Gasteiger partial charge on any atom is -0.497 e. The smallest absolute Gasteiger partial charge is 0.194 e. The van der Waals surface area contributed by atoms with Crippen LogP contribution in [0.1, 0.15) is 23.9 Å². The molecule has 1 aliphatic rings. The first-order chi connectivity index (χ1) is 15.1. The van der Waals surface area contributed by atoms with Crippen molar-refractivity contribution in [3.8, 4) is 5.75 Å². The number of anilines is 1. The van der Waals surface area contributed by atoms with Crippen LogP contribution >= 0.6 is 0 Å². The number of aliphatic imine (C=N–C) groups is 1. The molecule has 0 radical (unpaired) electrons. The molecule has 2 heterocycles. The highest BCUT2D eigenvalue weighted by Gasteiger charge is 2.20. The molecule has 1 aromatic carbocycles. The summed E-state index contributed by atoms with van der Waals surface area (Å²) in [5, 5.41) is 8.12. The standard InChI is InChI=1S/C23H36N6O2/c1-6-24-23(25-17-22-18(2)26-29(19(22)3)14-15-30-4)28-12-10-27(11-13-28)20-8-7-9-21(16-20)31-5/h7-9,16H,6,10-15,17H2,1-5H3,(H,24,25). The average molecular weight is 429 g/mol. The third-order valence-corrected chi connectivity index (χ3v) is 5.76. The van der Waals surface area contributed by atoms with Crippen LogP contribution < -0.4 is 15.0 Å². The zero-order valence-electron chi connectivity index (χ0n) is 19.5. The van der Waals surface area contributed by atoms with Crippen molar-refractivity contribution in [3.05, 3.63) is 41.2 Å². The van der Waals surface area contributed by atoms with Crippen LogP contribution in [-0.2, 0) is 17.8 Å². The van der Waals surface area contributed by atoms with Gasteiger partial charge in [-0.05, 0) is 32.9 Å². The van der Waals surface area contributed by atoms with Gasteiger partial charge in [0.1, 0.15) is 5.75 Å². The van der Waals surface area contributed by atoms with Gasteiger partial charge in [0.15, 0.2) is 5.96 Å². The van der Waals surface area contributed by atoms with Crippen LogP contribution in [0.5, 0.6) is 5.75 Å². The maximum atomic E-state index is 5.37. The lowest BCUT2D eigenvalue weighted by atomic mass is 10.2. The third-order valence-electron chi connectivity index (χ3n) is 5.76. The highest BCUT2D eigenvalue weighted by atomic mass is 16.5. The topological polar surface area (TPSA) is 67.2 Å². The molecule has 170 valence electrons. The van der Waals surface area contributed by atoms with Gasteiger partial charge in [-0.3, -0.25) is 4.68 Å². The zero-order chi connectivity index (χ0) is 22.2. The van der Waals surface area contributed by atoms with Crippen LogP contribution in [0.25, 0.3) is 0 Å². The second-order valence-electron chi connectivity index (χ2n) is 7.71. The van der Waals surface area contributed by atoms with Gasteiger partial charge in [-0.2, -0.15) is 5.10 Å². The predicted octanol–water partition coefficient (Wildman–Crippen LogP) is 2.44. The first-order valence-corrected chi connectivity index (χ1v) is 11.0. The summed E-state index contributed by atoms with van der Waals surface area (Å²) in [6, 6.07) is 8.27. The number of ether oxygens (including phenoxy) is 2. The molecule has 1 aliphatic heterocycles. The molecule has 8 nitrogen and oxygen atoms in total. The number of methoxy groups -OCH3 is 2. The van der Waals surface area contributed by atoms with E-state index in [2.05, 4.69) is 53.1 Å². The Morgan fingerprint density at radius 1 is 1.16 bits per heavy atom. The van der Waals surface area contributed by atoms with E-state index < -0.39 is 0 Å². The molecule has 1 aromatic heterocycles. The van der Waals surface area contributed by atoms with Gasteiger partial charge >= 0.3 is 0 Å². The Bertz CT molecular complexity index is 871. The summed E-state index contributed by atoms with van der Waals surface area (Å²) in [4.78, 5) is 9.70. The van der Waals surface area contributed by atoms with Crippen molar-refractivity contribution in [2.24, 2.45) is 4.99 Å². The van der Waals surface area contributed by atoms with Crippen molar-refractivity contribution in [1.82, 2.24) is 20.0 Å². The van der Waals surface area contributed by atoms with Crippen LogP contribution in [0.15, 0.2) is 29.3 Å². The largest absolute Gasteiger partial charge is 0.497 e. The third kappa shape index (κ3) is 5.70. The lowest BCUT2D eigenvalue weighted by molar-refractivity contribution is 0.182. The molecule has 3 rings (SSSR count). The van der Waals surface area contributed by atoms with E-state index in [1.54, 1.807) is 14.2 Å². The van der Waals surface area contributed by atoms with Crippen LogP contribution in [0, 0.1) is 13.8 Å². The van der Waals surface area contributed by atoms with E-state index >= 15 is 0 Å². The number of aromatic nitrogens is 2. The number of nitrogens with one attached hydrogen (secondary N) is 1. The van der Waals surface area contributed by atoms with Crippen molar-refractivity contribution in [2.75, 3.05) is 58.5 Å². The number of hydrogen-bond donors (Lipinski definition) is 1. The van der Waals surface area contributed by atoms with Crippen molar-refractivity contribution in [1.29, 1.82) is 0 Å². The summed E-state index contributed by atoms with van der Waals surface area (Å²) in [6.07, 6.45) is 0. The summed E-state index contributed by atoms with van der Waals surface area (Å²) in [6.45, 7) is 12.9. The van der Waals surface area contributed by atoms with Crippen molar-refractivity contribution >= 4 is 11.6 Å². The number of rotatable bonds is 8. The lowest BCUT2D eigenvalue weighted by Crippen LogP contribution is -2.52. The molecular weight excluding hydrogens is 392 g/mol. The number of guanidine groups is 1. The fourth-order valence-electron chi connectivity index (χ4n) is 3.92. The molecule has 8 heteroatoms. The molecule has 0 saturated carbocycles. The Kier molecular flexibility index (Phi) is 8.17. The molecule has 2 aromatic rings. The summed E-state index contributed by atoms with van der Waals surface area (Å²) in [5.41, 5.74) is 4.60. The van der Waals surface area contributed by atoms with E-state index in [9.17, 15) is 0 Å². The molecule has 0 aliphatic carbocycles. The van der Waals surface area contributed by atoms with Crippen LogP contribution in [0.3, 0.4) is 0 Å². The van der Waals surface area contributed by atoms with Crippen LogP contribution in [-0.4, -0.2) is 74.2 Å².